The van der Waals surface area contributed by atoms with Crippen molar-refractivity contribution >= 4 is 33.6 Å². The molecule has 1 amide bonds. The number of rotatable bonds is 6. The average molecular weight is 554 g/mol. The predicted molar refractivity (Wildman–Crippen MR) is 157 cm³/mol. The molecule has 2 aromatic rings. The molecule has 1 aliphatic carbocycles. The van der Waals surface area contributed by atoms with Gasteiger partial charge in [0.1, 0.15) is 11.6 Å². The zero-order valence-electron chi connectivity index (χ0n) is 24.1. The molecule has 2 fully saturated rings. The Balaban J connectivity index is 1.83. The van der Waals surface area contributed by atoms with Crippen LogP contribution in [0.4, 0.5) is 11.6 Å². The maximum Gasteiger partial charge on any atom is 0.281 e. The highest BCUT2D eigenvalue weighted by Gasteiger charge is 2.41. The third-order valence-electron chi connectivity index (χ3n) is 8.38. The second kappa shape index (κ2) is 10.9. The second-order valence-electron chi connectivity index (χ2n) is 12.6. The molecule has 212 valence electrons. The monoisotopic (exact) mass is 553 g/mol. The molecule has 39 heavy (non-hydrogen) atoms. The molecule has 3 heterocycles. The lowest BCUT2D eigenvalue weighted by molar-refractivity contribution is 0.0981. The van der Waals surface area contributed by atoms with E-state index < -0.39 is 15.9 Å². The van der Waals surface area contributed by atoms with E-state index in [4.69, 9.17) is 10.7 Å². The lowest BCUT2D eigenvalue weighted by atomic mass is 9.85. The van der Waals surface area contributed by atoms with Crippen molar-refractivity contribution in [2.24, 2.45) is 11.8 Å². The molecule has 0 aromatic carbocycles. The van der Waals surface area contributed by atoms with Gasteiger partial charge in [-0.15, -0.1) is 0 Å². The molecule has 1 atom stereocenters. The fraction of sp³-hybridized carbons (Fsp3) is 0.567. The van der Waals surface area contributed by atoms with E-state index in [0.29, 0.717) is 17.7 Å². The first-order chi connectivity index (χ1) is 18.2. The number of sulfonamides is 1. The highest BCUT2D eigenvalue weighted by atomic mass is 32.2. The van der Waals surface area contributed by atoms with Gasteiger partial charge in [-0.05, 0) is 68.7 Å². The van der Waals surface area contributed by atoms with Crippen LogP contribution in [0, 0.1) is 11.8 Å². The summed E-state index contributed by atoms with van der Waals surface area (Å²) in [5.41, 5.74) is 7.12. The number of aromatic nitrogens is 2. The summed E-state index contributed by atoms with van der Waals surface area (Å²) in [7, 11) is -4.25. The predicted octanol–water partition coefficient (Wildman–Crippen LogP) is 5.69. The Labute approximate surface area is 233 Å². The van der Waals surface area contributed by atoms with Crippen LogP contribution in [0.1, 0.15) is 102 Å². The second-order valence-corrected chi connectivity index (χ2v) is 14.3. The van der Waals surface area contributed by atoms with Gasteiger partial charge in [0.25, 0.3) is 15.9 Å². The van der Waals surface area contributed by atoms with Gasteiger partial charge in [-0.2, -0.15) is 8.42 Å². The van der Waals surface area contributed by atoms with Crippen molar-refractivity contribution in [3.8, 4) is 0 Å². The molecule has 2 aliphatic rings. The zero-order valence-corrected chi connectivity index (χ0v) is 24.9. The van der Waals surface area contributed by atoms with Crippen LogP contribution < -0.4 is 15.4 Å². The summed E-state index contributed by atoms with van der Waals surface area (Å²) in [6.07, 6.45) is 11.3. The van der Waals surface area contributed by atoms with E-state index in [0.717, 1.165) is 37.1 Å². The van der Waals surface area contributed by atoms with E-state index in [1.807, 2.05) is 6.07 Å². The van der Waals surface area contributed by atoms with E-state index in [1.54, 1.807) is 0 Å². The van der Waals surface area contributed by atoms with E-state index in [9.17, 15) is 13.2 Å². The van der Waals surface area contributed by atoms with Crippen LogP contribution in [0.5, 0.6) is 0 Å². The quantitative estimate of drug-likeness (QED) is 0.471. The normalized spacial score (nSPS) is 20.5. The Morgan fingerprint density at radius 2 is 1.82 bits per heavy atom. The minimum Gasteiger partial charge on any atom is -0.384 e. The number of nitrogens with one attached hydrogen (secondary N) is 1. The van der Waals surface area contributed by atoms with Crippen molar-refractivity contribution in [1.82, 2.24) is 14.7 Å². The number of nitrogen functional groups attached to an aromatic ring is 1. The number of pyridine rings is 2. The Morgan fingerprint density at radius 3 is 2.41 bits per heavy atom. The Morgan fingerprint density at radius 1 is 1.13 bits per heavy atom. The standard InChI is InChI=1S/C30H43N5O3S/c1-20-17-18-35(30(20,5)6)27-23(28(36)34-39(37,38)25-14-10-13-24(31)32-25)19-22(26(33-27)29(2,3)4)16-15-21-11-8-7-9-12-21/h10,13-16,19-21H,7-9,11-12,17-18H2,1-6H3,(H2,31,32)(H,34,36)/b16-15+. The van der Waals surface area contributed by atoms with Gasteiger partial charge in [-0.1, -0.05) is 65.2 Å². The molecule has 0 bridgehead atoms. The molecule has 1 saturated carbocycles. The molecule has 1 saturated heterocycles. The van der Waals surface area contributed by atoms with Crippen molar-refractivity contribution < 1.29 is 13.2 Å². The highest BCUT2D eigenvalue weighted by molar-refractivity contribution is 7.90. The summed E-state index contributed by atoms with van der Waals surface area (Å²) in [6, 6.07) is 6.13. The van der Waals surface area contributed by atoms with Gasteiger partial charge in [-0.25, -0.2) is 14.7 Å². The van der Waals surface area contributed by atoms with Crippen LogP contribution in [0.15, 0.2) is 35.4 Å². The minimum absolute atomic E-state index is 0.0603. The van der Waals surface area contributed by atoms with Crippen LogP contribution in [-0.4, -0.2) is 36.4 Å². The van der Waals surface area contributed by atoms with Crippen molar-refractivity contribution in [3.63, 3.8) is 0 Å². The van der Waals surface area contributed by atoms with Crippen molar-refractivity contribution in [1.29, 1.82) is 0 Å². The fourth-order valence-corrected chi connectivity index (χ4v) is 6.55. The van der Waals surface area contributed by atoms with E-state index >= 15 is 0 Å². The van der Waals surface area contributed by atoms with Gasteiger partial charge in [0.15, 0.2) is 5.03 Å². The Kier molecular flexibility index (Phi) is 8.13. The Bertz CT molecular complexity index is 1360. The molecule has 0 spiro atoms. The van der Waals surface area contributed by atoms with Gasteiger partial charge in [0.05, 0.1) is 11.3 Å². The average Bonchev–Trinajstić information content (AvgIpc) is 3.13. The number of amides is 1. The number of hydrogen-bond donors (Lipinski definition) is 2. The Hall–Kier alpha value is -2.94. The summed E-state index contributed by atoms with van der Waals surface area (Å²) < 4.78 is 28.5. The van der Waals surface area contributed by atoms with Crippen LogP contribution in [0.3, 0.4) is 0 Å². The third kappa shape index (κ3) is 6.29. The number of nitrogens with zero attached hydrogens (tertiary/aromatic N) is 3. The molecule has 1 aliphatic heterocycles. The number of allylic oxidation sites excluding steroid dienone is 1. The summed E-state index contributed by atoms with van der Waals surface area (Å²) in [5.74, 6) is 0.712. The van der Waals surface area contributed by atoms with E-state index in [1.165, 1.54) is 37.5 Å². The molecular formula is C30H43N5O3S. The lowest BCUT2D eigenvalue weighted by Gasteiger charge is -2.37. The van der Waals surface area contributed by atoms with Crippen LogP contribution in [0.25, 0.3) is 6.08 Å². The molecule has 3 N–H and O–H groups in total. The summed E-state index contributed by atoms with van der Waals surface area (Å²) in [5, 5.41) is -0.302. The van der Waals surface area contributed by atoms with Crippen molar-refractivity contribution in [3.05, 3.63) is 47.2 Å². The number of anilines is 2. The SMILES string of the molecule is CC1CCN(c2nc(C(C)(C)C)c(/C=C/C3CCCCC3)cc2C(=O)NS(=O)(=O)c2cccc(N)n2)C1(C)C. The van der Waals surface area contributed by atoms with Crippen LogP contribution >= 0.6 is 0 Å². The van der Waals surface area contributed by atoms with E-state index in [2.05, 4.69) is 68.3 Å². The number of hydrogen-bond acceptors (Lipinski definition) is 7. The number of nitrogens with two attached hydrogens (primary N) is 1. The van der Waals surface area contributed by atoms with Gasteiger partial charge in [0.2, 0.25) is 0 Å². The van der Waals surface area contributed by atoms with Crippen LogP contribution in [-0.2, 0) is 15.4 Å². The lowest BCUT2D eigenvalue weighted by Crippen LogP contribution is -2.44. The summed E-state index contributed by atoms with van der Waals surface area (Å²) >= 11 is 0. The number of carbonyl (C=O) groups is 1. The maximum atomic E-state index is 13.8. The van der Waals surface area contributed by atoms with E-state index in [-0.39, 0.29) is 27.4 Å². The van der Waals surface area contributed by atoms with Gasteiger partial charge < -0.3 is 10.6 Å². The van der Waals surface area contributed by atoms with Crippen molar-refractivity contribution in [2.45, 2.75) is 96.0 Å². The van der Waals surface area contributed by atoms with Crippen LogP contribution in [0.2, 0.25) is 0 Å². The topological polar surface area (TPSA) is 118 Å². The highest BCUT2D eigenvalue weighted by Crippen LogP contribution is 2.40. The van der Waals surface area contributed by atoms with Gasteiger partial charge >= 0.3 is 0 Å². The fourth-order valence-electron chi connectivity index (χ4n) is 5.60. The zero-order chi connectivity index (χ0) is 28.6. The summed E-state index contributed by atoms with van der Waals surface area (Å²) in [4.78, 5) is 25.0. The molecular weight excluding hydrogens is 510 g/mol. The molecule has 1 unspecified atom stereocenters. The molecule has 0 radical (unpaired) electrons. The first-order valence-electron chi connectivity index (χ1n) is 14.0. The first kappa shape index (κ1) is 29.1. The maximum absolute atomic E-state index is 13.8. The first-order valence-corrected chi connectivity index (χ1v) is 15.5. The minimum atomic E-state index is -4.25. The van der Waals surface area contributed by atoms with Gasteiger partial charge in [-0.3, -0.25) is 4.79 Å². The number of carbonyl (C=O) groups excluding carboxylic acids is 1. The molecule has 8 nitrogen and oxygen atoms in total. The van der Waals surface area contributed by atoms with Crippen molar-refractivity contribution in [2.75, 3.05) is 17.2 Å². The third-order valence-corrected chi connectivity index (χ3v) is 9.61. The molecule has 4 rings (SSSR count). The smallest absolute Gasteiger partial charge is 0.281 e. The largest absolute Gasteiger partial charge is 0.384 e. The molecule has 9 heteroatoms. The van der Waals surface area contributed by atoms with Gasteiger partial charge in [0, 0.05) is 17.5 Å². The summed E-state index contributed by atoms with van der Waals surface area (Å²) in [6.45, 7) is 13.6. The molecule has 2 aromatic heterocycles.